The number of carbonyl (C=O) groups is 1. The zero-order valence-electron chi connectivity index (χ0n) is 16.6. The van der Waals surface area contributed by atoms with Crippen molar-refractivity contribution in [3.05, 3.63) is 95.6 Å². The Labute approximate surface area is 170 Å². The van der Waals surface area contributed by atoms with E-state index < -0.39 is 0 Å². The zero-order chi connectivity index (χ0) is 20.6. The van der Waals surface area contributed by atoms with Crippen molar-refractivity contribution in [1.82, 2.24) is 0 Å². The van der Waals surface area contributed by atoms with E-state index in [2.05, 4.69) is 10.2 Å². The summed E-state index contributed by atoms with van der Waals surface area (Å²) in [7, 11) is 3.18. The van der Waals surface area contributed by atoms with Crippen LogP contribution in [0.25, 0.3) is 0 Å². The Morgan fingerprint density at radius 2 is 1.38 bits per heavy atom. The van der Waals surface area contributed by atoms with E-state index in [4.69, 9.17) is 9.47 Å². The molecule has 0 radical (unpaired) electrons. The van der Waals surface area contributed by atoms with Gasteiger partial charge in [-0.3, -0.25) is 4.79 Å². The van der Waals surface area contributed by atoms with Gasteiger partial charge < -0.3 is 9.47 Å². The average molecular weight is 386 g/mol. The Morgan fingerprint density at radius 3 is 1.97 bits per heavy atom. The zero-order valence-corrected chi connectivity index (χ0v) is 16.6. The number of methoxy groups -OCH3 is 2. The fraction of sp³-hybridized carbons (Fsp3) is 0.125. The van der Waals surface area contributed by atoms with Crippen LogP contribution in [-0.2, 0) is 0 Å². The van der Waals surface area contributed by atoms with Gasteiger partial charge >= 0.3 is 0 Å². The van der Waals surface area contributed by atoms with Crippen molar-refractivity contribution in [2.24, 2.45) is 10.2 Å². The molecule has 5 heteroatoms. The van der Waals surface area contributed by atoms with Gasteiger partial charge in [-0.2, -0.15) is 5.10 Å². The highest BCUT2D eigenvalue weighted by Gasteiger charge is 2.16. The highest BCUT2D eigenvalue weighted by Crippen LogP contribution is 2.25. The van der Waals surface area contributed by atoms with E-state index in [0.717, 1.165) is 5.56 Å². The van der Waals surface area contributed by atoms with Crippen LogP contribution in [0.15, 0.2) is 89.1 Å². The number of benzene rings is 3. The molecule has 3 aromatic carbocycles. The Morgan fingerprint density at radius 1 is 0.759 bits per heavy atom. The summed E-state index contributed by atoms with van der Waals surface area (Å²) in [6.45, 7) is 1.82. The van der Waals surface area contributed by atoms with Crippen LogP contribution in [0.3, 0.4) is 0 Å². The van der Waals surface area contributed by atoms with E-state index >= 15 is 0 Å². The number of rotatable bonds is 7. The van der Waals surface area contributed by atoms with Crippen molar-refractivity contribution >= 4 is 17.2 Å². The van der Waals surface area contributed by atoms with Gasteiger partial charge in [-0.15, -0.1) is 5.10 Å². The van der Waals surface area contributed by atoms with Crippen LogP contribution in [-0.4, -0.2) is 31.4 Å². The molecule has 0 N–H and O–H groups in total. The Kier molecular flexibility index (Phi) is 6.53. The molecule has 0 aliphatic heterocycles. The van der Waals surface area contributed by atoms with Crippen molar-refractivity contribution in [3.63, 3.8) is 0 Å². The number of carbonyl (C=O) groups excluding carboxylic acids is 1. The van der Waals surface area contributed by atoms with Crippen molar-refractivity contribution in [3.8, 4) is 11.5 Å². The molecule has 3 rings (SSSR count). The molecule has 0 saturated carbocycles. The van der Waals surface area contributed by atoms with Crippen molar-refractivity contribution < 1.29 is 14.3 Å². The second kappa shape index (κ2) is 9.46. The Balaban J connectivity index is 2.03. The number of ketones is 1. The fourth-order valence-electron chi connectivity index (χ4n) is 2.83. The molecule has 0 aliphatic rings. The monoisotopic (exact) mass is 386 g/mol. The largest absolute Gasteiger partial charge is 0.497 e. The number of nitrogens with zero attached hydrogens (tertiary/aromatic N) is 2. The summed E-state index contributed by atoms with van der Waals surface area (Å²) in [6.07, 6.45) is 0. The van der Waals surface area contributed by atoms with Gasteiger partial charge in [0.05, 0.1) is 19.9 Å². The van der Waals surface area contributed by atoms with Gasteiger partial charge in [0.1, 0.15) is 17.2 Å². The fourth-order valence-corrected chi connectivity index (χ4v) is 2.83. The summed E-state index contributed by atoms with van der Waals surface area (Å²) < 4.78 is 10.7. The minimum atomic E-state index is -0.185. The number of Topliss-reactive ketones (excluding diaryl/α,β-unsaturated/α-hetero) is 1. The van der Waals surface area contributed by atoms with Crippen LogP contribution in [0.1, 0.15) is 28.4 Å². The van der Waals surface area contributed by atoms with Gasteiger partial charge in [0.25, 0.3) is 0 Å². The summed E-state index contributed by atoms with van der Waals surface area (Å²) in [5, 5.41) is 8.68. The molecule has 0 bridgehead atoms. The molecule has 0 heterocycles. The third kappa shape index (κ3) is 4.76. The van der Waals surface area contributed by atoms with Crippen molar-refractivity contribution in [2.75, 3.05) is 14.2 Å². The molecule has 5 nitrogen and oxygen atoms in total. The van der Waals surface area contributed by atoms with Gasteiger partial charge in [-0.05, 0) is 19.1 Å². The molecular formula is C24H22N2O3. The van der Waals surface area contributed by atoms with Gasteiger partial charge in [0, 0.05) is 22.8 Å². The van der Waals surface area contributed by atoms with E-state index in [1.807, 2.05) is 67.6 Å². The molecule has 29 heavy (non-hydrogen) atoms. The average Bonchev–Trinajstić information content (AvgIpc) is 2.79. The normalized spacial score (nSPS) is 11.8. The highest BCUT2D eigenvalue weighted by molar-refractivity contribution is 6.51. The molecular weight excluding hydrogens is 364 g/mol. The van der Waals surface area contributed by atoms with Crippen LogP contribution >= 0.6 is 0 Å². The molecule has 0 spiro atoms. The van der Waals surface area contributed by atoms with Gasteiger partial charge in [0.15, 0.2) is 0 Å². The second-order valence-electron chi connectivity index (χ2n) is 6.26. The summed E-state index contributed by atoms with van der Waals surface area (Å²) in [5.41, 5.74) is 2.95. The third-order valence-corrected chi connectivity index (χ3v) is 4.40. The molecule has 3 aromatic rings. The van der Waals surface area contributed by atoms with Crippen LogP contribution in [0.5, 0.6) is 11.5 Å². The summed E-state index contributed by atoms with van der Waals surface area (Å²) in [5.74, 6) is 1.12. The first kappa shape index (κ1) is 20.0. The second-order valence-corrected chi connectivity index (χ2v) is 6.26. The number of hydrogen-bond donors (Lipinski definition) is 0. The predicted molar refractivity (Wildman–Crippen MR) is 116 cm³/mol. The van der Waals surface area contributed by atoms with E-state index in [9.17, 15) is 4.79 Å². The van der Waals surface area contributed by atoms with Crippen LogP contribution in [0.4, 0.5) is 0 Å². The first-order valence-corrected chi connectivity index (χ1v) is 9.14. The minimum Gasteiger partial charge on any atom is -0.497 e. The quantitative estimate of drug-likeness (QED) is 0.333. The first-order valence-electron chi connectivity index (χ1n) is 9.14. The van der Waals surface area contributed by atoms with Gasteiger partial charge in [-0.25, -0.2) is 0 Å². The van der Waals surface area contributed by atoms with Crippen molar-refractivity contribution in [2.45, 2.75) is 6.92 Å². The van der Waals surface area contributed by atoms with E-state index in [0.29, 0.717) is 28.3 Å². The topological polar surface area (TPSA) is 60.2 Å². The maximum absolute atomic E-state index is 13.1. The van der Waals surface area contributed by atoms with Crippen LogP contribution in [0, 0.1) is 0 Å². The molecule has 0 unspecified atom stereocenters. The van der Waals surface area contributed by atoms with Crippen LogP contribution in [0.2, 0.25) is 0 Å². The van der Waals surface area contributed by atoms with Crippen LogP contribution < -0.4 is 9.47 Å². The lowest BCUT2D eigenvalue weighted by atomic mass is 10.0. The molecule has 0 atom stereocenters. The lowest BCUT2D eigenvalue weighted by molar-refractivity contribution is 0.106. The summed E-state index contributed by atoms with van der Waals surface area (Å²) >= 11 is 0. The standard InChI is InChI=1S/C24H22N2O3/c1-17(21-15-14-20(28-2)16-22(21)29-3)25-26-23(18-10-6-4-7-11-18)24(27)19-12-8-5-9-13-19/h4-16H,1-3H3/b25-17+,26-23+. The smallest absolute Gasteiger partial charge is 0.213 e. The lowest BCUT2D eigenvalue weighted by Crippen LogP contribution is -2.16. The number of ether oxygens (including phenoxy) is 2. The van der Waals surface area contributed by atoms with Gasteiger partial charge in [0.2, 0.25) is 5.78 Å². The Hall–Kier alpha value is -3.73. The third-order valence-electron chi connectivity index (χ3n) is 4.40. The molecule has 0 saturated heterocycles. The minimum absolute atomic E-state index is 0.185. The SMILES string of the molecule is COc1ccc(/C(C)=N/N=C(/C(=O)c2ccccc2)c2ccccc2)c(OC)c1. The maximum atomic E-state index is 13.1. The number of hydrogen-bond acceptors (Lipinski definition) is 5. The molecule has 0 aliphatic carbocycles. The lowest BCUT2D eigenvalue weighted by Gasteiger charge is -2.10. The molecule has 146 valence electrons. The summed E-state index contributed by atoms with van der Waals surface area (Å²) in [4.78, 5) is 13.1. The predicted octanol–water partition coefficient (Wildman–Crippen LogP) is 4.80. The first-order chi connectivity index (χ1) is 14.1. The van der Waals surface area contributed by atoms with E-state index in [1.165, 1.54) is 0 Å². The van der Waals surface area contributed by atoms with E-state index in [1.54, 1.807) is 32.4 Å². The molecule has 0 amide bonds. The molecule has 0 aromatic heterocycles. The van der Waals surface area contributed by atoms with Crippen molar-refractivity contribution in [1.29, 1.82) is 0 Å². The maximum Gasteiger partial charge on any atom is 0.213 e. The molecule has 0 fully saturated rings. The summed E-state index contributed by atoms with van der Waals surface area (Å²) in [6, 6.07) is 23.8. The Bertz CT molecular complexity index is 1040. The van der Waals surface area contributed by atoms with E-state index in [-0.39, 0.29) is 11.5 Å². The highest BCUT2D eigenvalue weighted by atomic mass is 16.5. The van der Waals surface area contributed by atoms with Gasteiger partial charge in [-0.1, -0.05) is 60.7 Å².